The van der Waals surface area contributed by atoms with Gasteiger partial charge < -0.3 is 10.6 Å². The predicted octanol–water partition coefficient (Wildman–Crippen LogP) is 1.18. The average molecular weight is 221 g/mol. The van der Waals surface area contributed by atoms with Gasteiger partial charge in [-0.2, -0.15) is 0 Å². The molecule has 0 spiro atoms. The Hall–Kier alpha value is -0.280. The maximum Gasteiger partial charge on any atom is 0.228 e. The Bertz CT molecular complexity index is 191. The van der Waals surface area contributed by atoms with Gasteiger partial charge in [0.05, 0.1) is 5.41 Å². The summed E-state index contributed by atoms with van der Waals surface area (Å²) in [4.78, 5) is 11.6. The molecule has 84 valence electrons. The number of carbonyl (C=O) groups is 1. The highest BCUT2D eigenvalue weighted by atomic mass is 35.5. The van der Waals surface area contributed by atoms with Gasteiger partial charge in [-0.3, -0.25) is 4.79 Å². The predicted molar refractivity (Wildman–Crippen MR) is 60.7 cm³/mol. The highest BCUT2D eigenvalue weighted by Gasteiger charge is 2.38. The Labute approximate surface area is 92.4 Å². The lowest BCUT2D eigenvalue weighted by Gasteiger charge is -2.37. The fraction of sp³-hybridized carbons (Fsp3) is 0.900. The molecule has 3 nitrogen and oxygen atoms in total. The van der Waals surface area contributed by atoms with E-state index in [1.165, 1.54) is 0 Å². The summed E-state index contributed by atoms with van der Waals surface area (Å²) >= 11 is 0. The number of hydrogen-bond acceptors (Lipinski definition) is 2. The molecule has 0 aromatic rings. The molecule has 1 fully saturated rings. The zero-order valence-corrected chi connectivity index (χ0v) is 10.0. The van der Waals surface area contributed by atoms with E-state index in [4.69, 9.17) is 0 Å². The summed E-state index contributed by atoms with van der Waals surface area (Å²) in [5.74, 6) is 0.861. The largest absolute Gasteiger partial charge is 0.356 e. The van der Waals surface area contributed by atoms with Gasteiger partial charge in [0.1, 0.15) is 0 Å². The average Bonchev–Trinajstić information content (AvgIpc) is 1.99. The summed E-state index contributed by atoms with van der Waals surface area (Å²) in [6.45, 7) is 8.79. The van der Waals surface area contributed by atoms with Crippen molar-refractivity contribution < 1.29 is 4.79 Å². The van der Waals surface area contributed by atoms with Gasteiger partial charge in [0.2, 0.25) is 5.91 Å². The maximum absolute atomic E-state index is 11.6. The van der Waals surface area contributed by atoms with Crippen molar-refractivity contribution in [3.63, 3.8) is 0 Å². The Kier molecular flexibility index (Phi) is 5.45. The van der Waals surface area contributed by atoms with E-state index in [0.29, 0.717) is 5.92 Å². The van der Waals surface area contributed by atoms with Crippen LogP contribution in [-0.2, 0) is 4.79 Å². The van der Waals surface area contributed by atoms with Gasteiger partial charge in [-0.25, -0.2) is 0 Å². The summed E-state index contributed by atoms with van der Waals surface area (Å²) < 4.78 is 0. The first-order valence-electron chi connectivity index (χ1n) is 5.03. The Morgan fingerprint density at radius 1 is 1.50 bits per heavy atom. The van der Waals surface area contributed by atoms with Crippen LogP contribution in [0.2, 0.25) is 0 Å². The van der Waals surface area contributed by atoms with Crippen LogP contribution >= 0.6 is 12.4 Å². The number of halogens is 1. The van der Waals surface area contributed by atoms with E-state index in [1.807, 2.05) is 6.92 Å². The molecule has 0 bridgehead atoms. The molecule has 0 radical (unpaired) electrons. The Morgan fingerprint density at radius 3 is 2.43 bits per heavy atom. The van der Waals surface area contributed by atoms with E-state index < -0.39 is 0 Å². The summed E-state index contributed by atoms with van der Waals surface area (Å²) in [6, 6.07) is 0. The summed E-state index contributed by atoms with van der Waals surface area (Å²) in [5, 5.41) is 6.10. The fourth-order valence-corrected chi connectivity index (χ4v) is 1.35. The molecule has 2 N–H and O–H groups in total. The minimum absolute atomic E-state index is 0. The smallest absolute Gasteiger partial charge is 0.228 e. The van der Waals surface area contributed by atoms with E-state index in [-0.39, 0.29) is 23.7 Å². The van der Waals surface area contributed by atoms with Crippen LogP contribution in [0.15, 0.2) is 0 Å². The number of hydrogen-bond donors (Lipinski definition) is 2. The number of nitrogens with one attached hydrogen (secondary N) is 2. The van der Waals surface area contributed by atoms with Crippen LogP contribution in [0.4, 0.5) is 0 Å². The SMILES string of the molecule is CC(C)CCNC(=O)C1(C)CNC1.Cl. The van der Waals surface area contributed by atoms with Crippen molar-refractivity contribution in [1.29, 1.82) is 0 Å². The van der Waals surface area contributed by atoms with E-state index >= 15 is 0 Å². The standard InChI is InChI=1S/C10H20N2O.ClH/c1-8(2)4-5-12-9(13)10(3)6-11-7-10;/h8,11H,4-7H2,1-3H3,(H,12,13);1H. The summed E-state index contributed by atoms with van der Waals surface area (Å²) in [7, 11) is 0. The third-order valence-corrected chi connectivity index (χ3v) is 2.59. The number of amides is 1. The lowest BCUT2D eigenvalue weighted by atomic mass is 9.83. The van der Waals surface area contributed by atoms with Crippen LogP contribution in [0, 0.1) is 11.3 Å². The second-order valence-corrected chi connectivity index (χ2v) is 4.60. The van der Waals surface area contributed by atoms with Gasteiger partial charge in [-0.15, -0.1) is 12.4 Å². The minimum Gasteiger partial charge on any atom is -0.356 e. The van der Waals surface area contributed by atoms with Crippen molar-refractivity contribution in [1.82, 2.24) is 10.6 Å². The molecule has 0 aromatic heterocycles. The van der Waals surface area contributed by atoms with Gasteiger partial charge in [0, 0.05) is 19.6 Å². The van der Waals surface area contributed by atoms with Crippen molar-refractivity contribution >= 4 is 18.3 Å². The van der Waals surface area contributed by atoms with Gasteiger partial charge in [-0.05, 0) is 19.3 Å². The topological polar surface area (TPSA) is 41.1 Å². The van der Waals surface area contributed by atoms with Crippen molar-refractivity contribution in [3.8, 4) is 0 Å². The molecule has 1 aliphatic rings. The van der Waals surface area contributed by atoms with Crippen molar-refractivity contribution in [3.05, 3.63) is 0 Å². The normalized spacial score (nSPS) is 18.3. The van der Waals surface area contributed by atoms with Crippen LogP contribution in [-0.4, -0.2) is 25.5 Å². The van der Waals surface area contributed by atoms with Crippen LogP contribution in [0.1, 0.15) is 27.2 Å². The molecular formula is C10H21ClN2O. The quantitative estimate of drug-likeness (QED) is 0.747. The first kappa shape index (κ1) is 13.7. The highest BCUT2D eigenvalue weighted by molar-refractivity contribution is 5.85. The first-order chi connectivity index (χ1) is 6.04. The number of rotatable bonds is 4. The number of carbonyl (C=O) groups excluding carboxylic acids is 1. The van der Waals surface area contributed by atoms with Gasteiger partial charge >= 0.3 is 0 Å². The monoisotopic (exact) mass is 220 g/mol. The van der Waals surface area contributed by atoms with E-state index in [0.717, 1.165) is 26.1 Å². The van der Waals surface area contributed by atoms with Crippen LogP contribution in [0.3, 0.4) is 0 Å². The molecule has 0 saturated carbocycles. The van der Waals surface area contributed by atoms with Crippen molar-refractivity contribution in [2.75, 3.05) is 19.6 Å². The zero-order valence-electron chi connectivity index (χ0n) is 9.22. The second-order valence-electron chi connectivity index (χ2n) is 4.60. The van der Waals surface area contributed by atoms with Crippen LogP contribution in [0.5, 0.6) is 0 Å². The van der Waals surface area contributed by atoms with Gasteiger partial charge in [-0.1, -0.05) is 13.8 Å². The molecular weight excluding hydrogens is 200 g/mol. The fourth-order valence-electron chi connectivity index (χ4n) is 1.35. The highest BCUT2D eigenvalue weighted by Crippen LogP contribution is 2.20. The summed E-state index contributed by atoms with van der Waals surface area (Å²) in [6.07, 6.45) is 1.06. The molecule has 1 aliphatic heterocycles. The first-order valence-corrected chi connectivity index (χ1v) is 5.03. The van der Waals surface area contributed by atoms with E-state index in [9.17, 15) is 4.79 Å². The molecule has 0 atom stereocenters. The van der Waals surface area contributed by atoms with Gasteiger partial charge in [0.25, 0.3) is 0 Å². The molecule has 0 aliphatic carbocycles. The molecule has 1 saturated heterocycles. The lowest BCUT2D eigenvalue weighted by molar-refractivity contribution is -0.132. The molecule has 4 heteroatoms. The molecule has 0 aromatic carbocycles. The Balaban J connectivity index is 0.00000169. The van der Waals surface area contributed by atoms with Gasteiger partial charge in [0.15, 0.2) is 0 Å². The second kappa shape index (κ2) is 5.56. The molecule has 1 amide bonds. The minimum atomic E-state index is -0.142. The van der Waals surface area contributed by atoms with Crippen molar-refractivity contribution in [2.45, 2.75) is 27.2 Å². The molecule has 14 heavy (non-hydrogen) atoms. The molecule has 1 heterocycles. The van der Waals surface area contributed by atoms with Crippen LogP contribution in [0.25, 0.3) is 0 Å². The zero-order chi connectivity index (χ0) is 9.90. The Morgan fingerprint density at radius 2 is 2.07 bits per heavy atom. The van der Waals surface area contributed by atoms with E-state index in [2.05, 4.69) is 24.5 Å². The third-order valence-electron chi connectivity index (χ3n) is 2.59. The lowest BCUT2D eigenvalue weighted by Crippen LogP contribution is -2.59. The third kappa shape index (κ3) is 3.46. The van der Waals surface area contributed by atoms with Crippen molar-refractivity contribution in [2.24, 2.45) is 11.3 Å². The van der Waals surface area contributed by atoms with E-state index in [1.54, 1.807) is 0 Å². The maximum atomic E-state index is 11.6. The molecule has 1 rings (SSSR count). The van der Waals surface area contributed by atoms with Crippen LogP contribution < -0.4 is 10.6 Å². The summed E-state index contributed by atoms with van der Waals surface area (Å²) in [5.41, 5.74) is -0.142. The molecule has 0 unspecified atom stereocenters.